The van der Waals surface area contributed by atoms with E-state index in [0.29, 0.717) is 13.0 Å². The molecule has 1 unspecified atom stereocenters. The van der Waals surface area contributed by atoms with Crippen LogP contribution in [0.1, 0.15) is 51.9 Å². The molecular weight excluding hydrogens is 244 g/mol. The first-order chi connectivity index (χ1) is 9.15. The van der Waals surface area contributed by atoms with Crippen LogP contribution in [0.4, 0.5) is 0 Å². The Balaban J connectivity index is 2.13. The summed E-state index contributed by atoms with van der Waals surface area (Å²) in [5, 5.41) is 0. The van der Waals surface area contributed by atoms with Crippen LogP contribution in [0.15, 0.2) is 0 Å². The number of amides is 1. The molecule has 0 aromatic heterocycles. The molecule has 1 heterocycles. The van der Waals surface area contributed by atoms with Crippen LogP contribution in [-0.4, -0.2) is 42.5 Å². The Kier molecular flexibility index (Phi) is 7.48. The molecule has 0 aromatic rings. The quantitative estimate of drug-likeness (QED) is 0.535. The van der Waals surface area contributed by atoms with E-state index in [9.17, 15) is 9.59 Å². The van der Waals surface area contributed by atoms with Crippen LogP contribution in [0.2, 0.25) is 0 Å². The van der Waals surface area contributed by atoms with Gasteiger partial charge in [-0.05, 0) is 45.7 Å². The van der Waals surface area contributed by atoms with E-state index in [-0.39, 0.29) is 17.9 Å². The fourth-order valence-corrected chi connectivity index (χ4v) is 2.58. The van der Waals surface area contributed by atoms with Crippen molar-refractivity contribution in [2.75, 3.05) is 19.7 Å². The highest BCUT2D eigenvalue weighted by molar-refractivity contribution is 5.79. The minimum absolute atomic E-state index is 0.0844. The second-order valence-corrected chi connectivity index (χ2v) is 5.07. The summed E-state index contributed by atoms with van der Waals surface area (Å²) in [6, 6.07) is -0.0844. The van der Waals surface area contributed by atoms with Crippen LogP contribution in [0, 0.1) is 0 Å². The van der Waals surface area contributed by atoms with Gasteiger partial charge < -0.3 is 10.5 Å². The molecule has 1 fully saturated rings. The Morgan fingerprint density at radius 3 is 2.74 bits per heavy atom. The molecule has 0 bridgehead atoms. The maximum absolute atomic E-state index is 11.3. The lowest BCUT2D eigenvalue weighted by atomic mass is 10.0. The Labute approximate surface area is 115 Å². The second-order valence-electron chi connectivity index (χ2n) is 5.07. The van der Waals surface area contributed by atoms with Crippen molar-refractivity contribution in [2.24, 2.45) is 5.73 Å². The third kappa shape index (κ3) is 6.05. The average Bonchev–Trinajstić information content (AvgIpc) is 2.39. The summed E-state index contributed by atoms with van der Waals surface area (Å²) in [7, 11) is 0. The van der Waals surface area contributed by atoms with Gasteiger partial charge in [-0.2, -0.15) is 0 Å². The smallest absolute Gasteiger partial charge is 0.305 e. The van der Waals surface area contributed by atoms with Gasteiger partial charge >= 0.3 is 5.97 Å². The van der Waals surface area contributed by atoms with Crippen molar-refractivity contribution in [2.45, 2.75) is 57.9 Å². The topological polar surface area (TPSA) is 72.6 Å². The summed E-state index contributed by atoms with van der Waals surface area (Å²) in [4.78, 5) is 24.7. The normalized spacial score (nSPS) is 20.2. The number of likely N-dealkylation sites (tertiary alicyclic amines) is 1. The van der Waals surface area contributed by atoms with Crippen LogP contribution in [0.25, 0.3) is 0 Å². The molecule has 1 atom stereocenters. The van der Waals surface area contributed by atoms with E-state index in [2.05, 4.69) is 4.90 Å². The summed E-state index contributed by atoms with van der Waals surface area (Å²) in [5.74, 6) is -0.318. The number of primary amides is 1. The zero-order valence-corrected chi connectivity index (χ0v) is 11.9. The van der Waals surface area contributed by atoms with E-state index in [4.69, 9.17) is 10.5 Å². The number of carbonyl (C=O) groups is 2. The fourth-order valence-electron chi connectivity index (χ4n) is 2.58. The lowest BCUT2D eigenvalue weighted by Crippen LogP contribution is -2.47. The average molecular weight is 270 g/mol. The SMILES string of the molecule is CCOC(=O)CCCCCN1CCCCC1C(N)=O. The number of esters is 1. The van der Waals surface area contributed by atoms with Crippen molar-refractivity contribution in [3.05, 3.63) is 0 Å². The van der Waals surface area contributed by atoms with E-state index in [1.165, 1.54) is 0 Å². The summed E-state index contributed by atoms with van der Waals surface area (Å²) in [6.45, 7) is 4.13. The molecule has 0 aromatic carbocycles. The van der Waals surface area contributed by atoms with Crippen molar-refractivity contribution >= 4 is 11.9 Å². The Bertz CT molecular complexity index is 294. The molecule has 1 saturated heterocycles. The number of nitrogens with two attached hydrogens (primary N) is 1. The molecule has 1 aliphatic rings. The van der Waals surface area contributed by atoms with Gasteiger partial charge in [0.1, 0.15) is 0 Å². The third-order valence-electron chi connectivity index (χ3n) is 3.57. The Morgan fingerprint density at radius 2 is 2.05 bits per heavy atom. The molecular formula is C14H26N2O3. The van der Waals surface area contributed by atoms with Crippen LogP contribution < -0.4 is 5.73 Å². The number of nitrogens with zero attached hydrogens (tertiary/aromatic N) is 1. The molecule has 1 amide bonds. The molecule has 5 nitrogen and oxygen atoms in total. The van der Waals surface area contributed by atoms with Gasteiger partial charge in [0.25, 0.3) is 0 Å². The Hall–Kier alpha value is -1.10. The van der Waals surface area contributed by atoms with Crippen molar-refractivity contribution < 1.29 is 14.3 Å². The van der Waals surface area contributed by atoms with E-state index in [0.717, 1.165) is 51.6 Å². The van der Waals surface area contributed by atoms with Gasteiger partial charge in [-0.25, -0.2) is 0 Å². The molecule has 1 rings (SSSR count). The van der Waals surface area contributed by atoms with Gasteiger partial charge in [0.15, 0.2) is 0 Å². The minimum atomic E-state index is -0.203. The van der Waals surface area contributed by atoms with Crippen LogP contribution in [-0.2, 0) is 14.3 Å². The molecule has 0 saturated carbocycles. The lowest BCUT2D eigenvalue weighted by Gasteiger charge is -2.33. The number of ether oxygens (including phenoxy) is 1. The monoisotopic (exact) mass is 270 g/mol. The van der Waals surface area contributed by atoms with Gasteiger partial charge in [-0.3, -0.25) is 14.5 Å². The summed E-state index contributed by atoms with van der Waals surface area (Å²) in [6.07, 6.45) is 6.46. The van der Waals surface area contributed by atoms with E-state index in [1.807, 2.05) is 6.92 Å². The van der Waals surface area contributed by atoms with Crippen LogP contribution in [0.3, 0.4) is 0 Å². The second kappa shape index (κ2) is 8.91. The van der Waals surface area contributed by atoms with E-state index in [1.54, 1.807) is 0 Å². The molecule has 0 spiro atoms. The molecule has 1 aliphatic heterocycles. The predicted octanol–water partition coefficient (Wildman–Crippen LogP) is 1.45. The van der Waals surface area contributed by atoms with Crippen LogP contribution >= 0.6 is 0 Å². The first-order valence-corrected chi connectivity index (χ1v) is 7.34. The summed E-state index contributed by atoms with van der Waals surface area (Å²) >= 11 is 0. The minimum Gasteiger partial charge on any atom is -0.466 e. The predicted molar refractivity (Wildman–Crippen MR) is 73.5 cm³/mol. The Morgan fingerprint density at radius 1 is 1.26 bits per heavy atom. The zero-order chi connectivity index (χ0) is 14.1. The highest BCUT2D eigenvalue weighted by Gasteiger charge is 2.25. The van der Waals surface area contributed by atoms with Gasteiger partial charge in [0, 0.05) is 6.42 Å². The first kappa shape index (κ1) is 16.0. The summed E-state index contributed by atoms with van der Waals surface area (Å²) in [5.41, 5.74) is 5.42. The lowest BCUT2D eigenvalue weighted by molar-refractivity contribution is -0.143. The number of hydrogen-bond acceptors (Lipinski definition) is 4. The molecule has 5 heteroatoms. The molecule has 110 valence electrons. The maximum atomic E-state index is 11.3. The fraction of sp³-hybridized carbons (Fsp3) is 0.857. The van der Waals surface area contributed by atoms with Crippen LogP contribution in [0.5, 0.6) is 0 Å². The van der Waals surface area contributed by atoms with Gasteiger partial charge in [-0.15, -0.1) is 0 Å². The third-order valence-corrected chi connectivity index (χ3v) is 3.57. The number of unbranched alkanes of at least 4 members (excludes halogenated alkanes) is 2. The van der Waals surface area contributed by atoms with Gasteiger partial charge in [0.2, 0.25) is 5.91 Å². The molecule has 19 heavy (non-hydrogen) atoms. The van der Waals surface area contributed by atoms with Crippen molar-refractivity contribution in [3.8, 4) is 0 Å². The number of hydrogen-bond donors (Lipinski definition) is 1. The number of rotatable bonds is 8. The van der Waals surface area contributed by atoms with Gasteiger partial charge in [-0.1, -0.05) is 12.8 Å². The zero-order valence-electron chi connectivity index (χ0n) is 11.9. The highest BCUT2D eigenvalue weighted by atomic mass is 16.5. The standard InChI is InChI=1S/C14H26N2O3/c1-2-19-13(17)9-4-3-6-10-16-11-7-5-8-12(16)14(15)18/h12H,2-11H2,1H3,(H2,15,18). The first-order valence-electron chi connectivity index (χ1n) is 7.34. The number of piperidine rings is 1. The largest absolute Gasteiger partial charge is 0.466 e. The van der Waals surface area contributed by atoms with Crippen molar-refractivity contribution in [1.29, 1.82) is 0 Å². The molecule has 2 N–H and O–H groups in total. The van der Waals surface area contributed by atoms with E-state index < -0.39 is 0 Å². The van der Waals surface area contributed by atoms with Crippen molar-refractivity contribution in [3.63, 3.8) is 0 Å². The van der Waals surface area contributed by atoms with E-state index >= 15 is 0 Å². The van der Waals surface area contributed by atoms with Gasteiger partial charge in [0.05, 0.1) is 12.6 Å². The number of carbonyl (C=O) groups excluding carboxylic acids is 2. The van der Waals surface area contributed by atoms with Crippen molar-refractivity contribution in [1.82, 2.24) is 4.90 Å². The highest BCUT2D eigenvalue weighted by Crippen LogP contribution is 2.17. The molecule has 0 radical (unpaired) electrons. The molecule has 0 aliphatic carbocycles. The maximum Gasteiger partial charge on any atom is 0.305 e. The summed E-state index contributed by atoms with van der Waals surface area (Å²) < 4.78 is 4.88.